The number of methoxy groups -OCH3 is 2. The average Bonchev–Trinajstić information content (AvgIpc) is 2.82. The molecule has 1 aromatic carbocycles. The molecule has 186 valence electrons. The number of pyridine rings is 2. The zero-order valence-corrected chi connectivity index (χ0v) is 21.3. The predicted octanol–water partition coefficient (Wildman–Crippen LogP) is 2.94. The Morgan fingerprint density at radius 1 is 0.886 bits per heavy atom. The van der Waals surface area contributed by atoms with E-state index in [4.69, 9.17) is 24.7 Å². The molecule has 0 aliphatic carbocycles. The third kappa shape index (κ3) is 5.12. The molecular weight excluding hydrogens is 518 g/mol. The van der Waals surface area contributed by atoms with E-state index in [0.717, 1.165) is 21.2 Å². The fourth-order valence-corrected chi connectivity index (χ4v) is 4.20. The van der Waals surface area contributed by atoms with Gasteiger partial charge in [0.15, 0.2) is 0 Å². The normalized spacial score (nSPS) is 17.3. The molecule has 0 amide bonds. The van der Waals surface area contributed by atoms with Crippen molar-refractivity contribution in [1.82, 2.24) is 9.97 Å². The van der Waals surface area contributed by atoms with Crippen molar-refractivity contribution in [3.05, 3.63) is 63.9 Å². The summed E-state index contributed by atoms with van der Waals surface area (Å²) in [6.07, 6.45) is 3.36. The molecule has 10 heteroatoms. The molecule has 2 aliphatic rings. The summed E-state index contributed by atoms with van der Waals surface area (Å²) in [6.45, 7) is 3.11. The van der Waals surface area contributed by atoms with Crippen LogP contribution in [0.25, 0.3) is 11.1 Å². The van der Waals surface area contributed by atoms with Gasteiger partial charge in [-0.25, -0.2) is 9.97 Å². The van der Waals surface area contributed by atoms with Crippen LogP contribution in [0.1, 0.15) is 16.7 Å². The maximum Gasteiger partial charge on any atom is 0.219 e. The van der Waals surface area contributed by atoms with Crippen LogP contribution >= 0.6 is 15.9 Å². The molecular formula is C25H28BrN3O6. The maximum absolute atomic E-state index is 10.5. The second-order valence-electron chi connectivity index (χ2n) is 8.61. The Kier molecular flexibility index (Phi) is 7.30. The van der Waals surface area contributed by atoms with E-state index < -0.39 is 11.2 Å². The first kappa shape index (κ1) is 25.3. The first-order valence-corrected chi connectivity index (χ1v) is 11.7. The Balaban J connectivity index is 0.000000179. The fourth-order valence-electron chi connectivity index (χ4n) is 3.87. The average molecular weight is 546 g/mol. The van der Waals surface area contributed by atoms with Crippen molar-refractivity contribution in [1.29, 1.82) is 0 Å². The van der Waals surface area contributed by atoms with Gasteiger partial charge in [-0.05, 0) is 58.2 Å². The molecule has 2 aliphatic heterocycles. The van der Waals surface area contributed by atoms with Crippen LogP contribution in [0.5, 0.6) is 11.8 Å². The van der Waals surface area contributed by atoms with Gasteiger partial charge < -0.3 is 34.9 Å². The number of aliphatic hydroxyl groups is 2. The minimum absolute atomic E-state index is 0.254. The van der Waals surface area contributed by atoms with E-state index in [-0.39, 0.29) is 13.2 Å². The molecule has 2 saturated heterocycles. The van der Waals surface area contributed by atoms with Crippen LogP contribution in [0.15, 0.2) is 47.2 Å². The van der Waals surface area contributed by atoms with E-state index in [1.165, 1.54) is 7.11 Å². The molecule has 0 unspecified atom stereocenters. The van der Waals surface area contributed by atoms with Crippen LogP contribution in [0, 0.1) is 6.92 Å². The van der Waals surface area contributed by atoms with Gasteiger partial charge in [-0.1, -0.05) is 6.07 Å². The molecule has 35 heavy (non-hydrogen) atoms. The summed E-state index contributed by atoms with van der Waals surface area (Å²) >= 11 is 3.30. The number of halogens is 1. The standard InChI is InChI=1S/C16H18N2O3.C9H10BrNO3/c1-10-3-4-12(17)6-13(10)11-5-14(15(20-2)18-7-11)16(19)8-21-9-16;1-13-8-7(2-6(10)3-11-8)9(12)4-14-5-9/h3-7,19H,8-9,17H2,1-2H3;2-3,12H,4-5H2,1H3. The van der Waals surface area contributed by atoms with Crippen LogP contribution in [-0.2, 0) is 20.7 Å². The zero-order chi connectivity index (χ0) is 25.2. The molecule has 2 aromatic heterocycles. The molecule has 3 aromatic rings. The number of hydrogen-bond acceptors (Lipinski definition) is 9. The second-order valence-corrected chi connectivity index (χ2v) is 9.53. The third-order valence-electron chi connectivity index (χ3n) is 5.99. The number of benzene rings is 1. The SMILES string of the molecule is COc1ncc(-c2cc(N)ccc2C)cc1C1(O)COC1.COc1ncc(Br)cc1C1(O)COC1. The molecule has 4 N–H and O–H groups in total. The number of nitrogens with zero attached hydrogens (tertiary/aromatic N) is 2. The van der Waals surface area contributed by atoms with E-state index in [9.17, 15) is 10.2 Å². The van der Waals surface area contributed by atoms with E-state index in [0.29, 0.717) is 41.8 Å². The first-order chi connectivity index (χ1) is 16.7. The Bertz CT molecular complexity index is 1210. The lowest BCUT2D eigenvalue weighted by Gasteiger charge is -2.37. The lowest BCUT2D eigenvalue weighted by atomic mass is 9.90. The number of rotatable bonds is 5. The van der Waals surface area contributed by atoms with Crippen molar-refractivity contribution in [2.24, 2.45) is 0 Å². The Hall–Kier alpha value is -2.76. The molecule has 0 atom stereocenters. The van der Waals surface area contributed by atoms with Crippen LogP contribution in [0.4, 0.5) is 5.69 Å². The van der Waals surface area contributed by atoms with Gasteiger partial charge in [0.25, 0.3) is 0 Å². The van der Waals surface area contributed by atoms with Gasteiger partial charge in [-0.3, -0.25) is 0 Å². The summed E-state index contributed by atoms with van der Waals surface area (Å²) in [6, 6.07) is 9.44. The fraction of sp³-hybridized carbons (Fsp3) is 0.360. The van der Waals surface area contributed by atoms with Crippen molar-refractivity contribution < 1.29 is 29.2 Å². The van der Waals surface area contributed by atoms with E-state index in [2.05, 4.69) is 25.9 Å². The van der Waals surface area contributed by atoms with Crippen molar-refractivity contribution in [3.8, 4) is 22.9 Å². The Morgan fingerprint density at radius 3 is 1.94 bits per heavy atom. The predicted molar refractivity (Wildman–Crippen MR) is 133 cm³/mol. The quantitative estimate of drug-likeness (QED) is 0.414. The lowest BCUT2D eigenvalue weighted by Crippen LogP contribution is -2.46. The molecule has 0 radical (unpaired) electrons. The largest absolute Gasteiger partial charge is 0.481 e. The van der Waals surface area contributed by atoms with Gasteiger partial charge in [0.05, 0.1) is 51.8 Å². The van der Waals surface area contributed by atoms with Crippen molar-refractivity contribution in [2.75, 3.05) is 46.4 Å². The zero-order valence-electron chi connectivity index (χ0n) is 19.7. The van der Waals surface area contributed by atoms with Crippen molar-refractivity contribution in [2.45, 2.75) is 18.1 Å². The molecule has 2 fully saturated rings. The topological polar surface area (TPSA) is 129 Å². The second kappa shape index (κ2) is 10.1. The number of ether oxygens (including phenoxy) is 4. The monoisotopic (exact) mass is 545 g/mol. The Morgan fingerprint density at radius 2 is 1.43 bits per heavy atom. The molecule has 0 bridgehead atoms. The van der Waals surface area contributed by atoms with Gasteiger partial charge in [-0.15, -0.1) is 0 Å². The minimum atomic E-state index is -1.03. The highest BCUT2D eigenvalue weighted by Gasteiger charge is 2.42. The summed E-state index contributed by atoms with van der Waals surface area (Å²) in [7, 11) is 3.07. The molecule has 0 spiro atoms. The van der Waals surface area contributed by atoms with E-state index in [1.54, 1.807) is 25.6 Å². The third-order valence-corrected chi connectivity index (χ3v) is 6.43. The summed E-state index contributed by atoms with van der Waals surface area (Å²) in [5.41, 5.74) is 8.90. The van der Waals surface area contributed by atoms with Gasteiger partial charge >= 0.3 is 0 Å². The van der Waals surface area contributed by atoms with Crippen molar-refractivity contribution in [3.63, 3.8) is 0 Å². The first-order valence-electron chi connectivity index (χ1n) is 10.9. The summed E-state index contributed by atoms with van der Waals surface area (Å²) in [4.78, 5) is 8.37. The summed E-state index contributed by atoms with van der Waals surface area (Å²) < 4.78 is 21.3. The number of hydrogen-bond donors (Lipinski definition) is 3. The summed E-state index contributed by atoms with van der Waals surface area (Å²) in [5, 5.41) is 20.6. The van der Waals surface area contributed by atoms with E-state index in [1.807, 2.05) is 31.2 Å². The highest BCUT2D eigenvalue weighted by atomic mass is 79.9. The van der Waals surface area contributed by atoms with Gasteiger partial charge in [0.1, 0.15) is 11.2 Å². The maximum atomic E-state index is 10.5. The van der Waals surface area contributed by atoms with Crippen LogP contribution in [0.2, 0.25) is 0 Å². The molecule has 4 heterocycles. The molecule has 0 saturated carbocycles. The van der Waals surface area contributed by atoms with Gasteiger partial charge in [0, 0.05) is 28.1 Å². The van der Waals surface area contributed by atoms with Crippen LogP contribution in [0.3, 0.4) is 0 Å². The van der Waals surface area contributed by atoms with Gasteiger partial charge in [-0.2, -0.15) is 0 Å². The van der Waals surface area contributed by atoms with Crippen LogP contribution in [-0.4, -0.2) is 60.8 Å². The Labute approximate surface area is 212 Å². The molecule has 5 rings (SSSR count). The number of nitrogens with two attached hydrogens (primary N) is 1. The molecule has 9 nitrogen and oxygen atoms in total. The minimum Gasteiger partial charge on any atom is -0.481 e. The number of aryl methyl sites for hydroxylation is 1. The highest BCUT2D eigenvalue weighted by molar-refractivity contribution is 9.10. The lowest BCUT2D eigenvalue weighted by molar-refractivity contribution is -0.185. The smallest absolute Gasteiger partial charge is 0.219 e. The van der Waals surface area contributed by atoms with Crippen molar-refractivity contribution >= 4 is 21.6 Å². The summed E-state index contributed by atoms with van der Waals surface area (Å²) in [5.74, 6) is 0.866. The van der Waals surface area contributed by atoms with Crippen LogP contribution < -0.4 is 15.2 Å². The highest BCUT2D eigenvalue weighted by Crippen LogP contribution is 2.38. The van der Waals surface area contributed by atoms with E-state index >= 15 is 0 Å². The number of aromatic nitrogens is 2. The number of nitrogen functional groups attached to an aromatic ring is 1. The number of anilines is 1. The van der Waals surface area contributed by atoms with Gasteiger partial charge in [0.2, 0.25) is 11.8 Å².